The first-order valence-corrected chi connectivity index (χ1v) is 11.0. The number of aliphatic hydroxyl groups is 1. The smallest absolute Gasteiger partial charge is 0.248 e. The number of Topliss-reactive ketones (excluding diaryl/α,β-unsaturated/α-hetero) is 1. The topological polar surface area (TPSA) is 75.6 Å². The molecule has 2 aliphatic carbocycles. The van der Waals surface area contributed by atoms with Crippen molar-refractivity contribution in [3.63, 3.8) is 0 Å². The molecule has 5 nitrogen and oxygen atoms in total. The molecular weight excluding hydrogens is 378 g/mol. The summed E-state index contributed by atoms with van der Waals surface area (Å²) in [5.74, 6) is -0.321. The molecule has 1 saturated carbocycles. The zero-order valence-corrected chi connectivity index (χ0v) is 18.8. The maximum atomic E-state index is 13.8. The molecule has 162 valence electrons. The van der Waals surface area contributed by atoms with E-state index >= 15 is 0 Å². The number of rotatable bonds is 3. The van der Waals surface area contributed by atoms with Gasteiger partial charge in [-0.3, -0.25) is 9.59 Å². The molecule has 4 aliphatic rings. The van der Waals surface area contributed by atoms with E-state index in [0.717, 1.165) is 35.3 Å². The van der Waals surface area contributed by atoms with Gasteiger partial charge in [0, 0.05) is 29.7 Å². The van der Waals surface area contributed by atoms with Crippen LogP contribution in [0.25, 0.3) is 0 Å². The molecule has 0 aromatic heterocycles. The minimum atomic E-state index is -1.31. The van der Waals surface area contributed by atoms with E-state index in [2.05, 4.69) is 18.3 Å². The molecule has 0 bridgehead atoms. The highest BCUT2D eigenvalue weighted by Crippen LogP contribution is 2.57. The number of ketones is 1. The van der Waals surface area contributed by atoms with E-state index in [1.807, 2.05) is 40.7 Å². The number of carbonyl (C=O) groups excluding carboxylic acids is 2. The second kappa shape index (κ2) is 7.03. The van der Waals surface area contributed by atoms with Gasteiger partial charge in [-0.25, -0.2) is 0 Å². The van der Waals surface area contributed by atoms with Gasteiger partial charge >= 0.3 is 0 Å². The summed E-state index contributed by atoms with van der Waals surface area (Å²) in [6, 6.07) is 0. The van der Waals surface area contributed by atoms with Gasteiger partial charge < -0.3 is 15.2 Å². The third-order valence-electron chi connectivity index (χ3n) is 7.63. The maximum absolute atomic E-state index is 13.8. The molecule has 2 aliphatic heterocycles. The lowest BCUT2D eigenvalue weighted by Crippen LogP contribution is -2.55. The number of fused-ring (bicyclic) bond motifs is 1. The minimum Gasteiger partial charge on any atom is -0.381 e. The summed E-state index contributed by atoms with van der Waals surface area (Å²) >= 11 is 0. The van der Waals surface area contributed by atoms with Gasteiger partial charge in [0.15, 0.2) is 5.78 Å². The average molecular weight is 412 g/mol. The molecule has 0 aromatic carbocycles. The van der Waals surface area contributed by atoms with Crippen molar-refractivity contribution in [2.75, 3.05) is 0 Å². The van der Waals surface area contributed by atoms with Crippen molar-refractivity contribution in [3.05, 3.63) is 46.2 Å². The van der Waals surface area contributed by atoms with Crippen LogP contribution in [0, 0.1) is 17.8 Å². The Labute approximate surface area is 178 Å². The summed E-state index contributed by atoms with van der Waals surface area (Å²) in [5, 5.41) is 14.4. The van der Waals surface area contributed by atoms with Gasteiger partial charge in [-0.2, -0.15) is 0 Å². The summed E-state index contributed by atoms with van der Waals surface area (Å²) in [5.41, 5.74) is 2.30. The second-order valence-electron chi connectivity index (χ2n) is 10.0. The molecule has 4 rings (SSSR count). The van der Waals surface area contributed by atoms with Crippen LogP contribution in [0.1, 0.15) is 60.8 Å². The SMILES string of the molecule is CC(C)=C[C@H]1O[C@@](C)(C/C=C2\NC(=O)C=C2C)C2=C1[C@@H](C)[C@@H]1CC[C@H](C)[C@]1(O)C2=O. The van der Waals surface area contributed by atoms with Gasteiger partial charge in [0.05, 0.1) is 11.7 Å². The van der Waals surface area contributed by atoms with Crippen molar-refractivity contribution in [1.82, 2.24) is 5.32 Å². The van der Waals surface area contributed by atoms with Crippen LogP contribution < -0.4 is 5.32 Å². The Morgan fingerprint density at radius 3 is 2.60 bits per heavy atom. The Kier molecular flexibility index (Phi) is 4.98. The van der Waals surface area contributed by atoms with Crippen molar-refractivity contribution in [1.29, 1.82) is 0 Å². The maximum Gasteiger partial charge on any atom is 0.248 e. The molecule has 1 amide bonds. The van der Waals surface area contributed by atoms with Gasteiger partial charge in [0.25, 0.3) is 0 Å². The summed E-state index contributed by atoms with van der Waals surface area (Å²) < 4.78 is 6.56. The van der Waals surface area contributed by atoms with Crippen LogP contribution in [0.4, 0.5) is 0 Å². The lowest BCUT2D eigenvalue weighted by atomic mass is 9.62. The number of ether oxygens (including phenoxy) is 1. The summed E-state index contributed by atoms with van der Waals surface area (Å²) in [7, 11) is 0. The lowest BCUT2D eigenvalue weighted by Gasteiger charge is -2.42. The molecule has 30 heavy (non-hydrogen) atoms. The van der Waals surface area contributed by atoms with Gasteiger partial charge in [0.2, 0.25) is 5.91 Å². The third-order valence-corrected chi connectivity index (χ3v) is 7.63. The summed E-state index contributed by atoms with van der Waals surface area (Å²) in [6.45, 7) is 12.0. The zero-order chi connectivity index (χ0) is 22.0. The molecule has 1 fully saturated rings. The predicted octanol–water partition coefficient (Wildman–Crippen LogP) is 3.75. The predicted molar refractivity (Wildman–Crippen MR) is 115 cm³/mol. The number of amides is 1. The van der Waals surface area contributed by atoms with Crippen LogP contribution in [0.15, 0.2) is 46.2 Å². The number of nitrogens with one attached hydrogen (secondary N) is 1. The van der Waals surface area contributed by atoms with Gasteiger partial charge in [-0.05, 0) is 63.5 Å². The normalized spacial score (nSPS) is 41.7. The highest BCUT2D eigenvalue weighted by molar-refractivity contribution is 6.06. The first-order chi connectivity index (χ1) is 14.0. The Morgan fingerprint density at radius 2 is 2.00 bits per heavy atom. The summed E-state index contributed by atoms with van der Waals surface area (Å²) in [4.78, 5) is 25.5. The lowest BCUT2D eigenvalue weighted by molar-refractivity contribution is -0.146. The van der Waals surface area contributed by atoms with Crippen LogP contribution in [0.3, 0.4) is 0 Å². The van der Waals surface area contributed by atoms with E-state index in [9.17, 15) is 14.7 Å². The molecule has 6 atom stereocenters. The fourth-order valence-corrected chi connectivity index (χ4v) is 6.01. The second-order valence-corrected chi connectivity index (χ2v) is 10.0. The molecule has 0 radical (unpaired) electrons. The largest absolute Gasteiger partial charge is 0.381 e. The van der Waals surface area contributed by atoms with E-state index in [-0.39, 0.29) is 35.5 Å². The minimum absolute atomic E-state index is 0.0593. The highest BCUT2D eigenvalue weighted by Gasteiger charge is 2.63. The van der Waals surface area contributed by atoms with E-state index < -0.39 is 11.2 Å². The molecule has 2 heterocycles. The highest BCUT2D eigenvalue weighted by atomic mass is 16.5. The monoisotopic (exact) mass is 411 g/mol. The Morgan fingerprint density at radius 1 is 1.30 bits per heavy atom. The standard InChI is InChI=1S/C25H33NO4/c1-13(2)11-19-21-16(5)17-8-7-15(4)25(17,29)23(28)22(21)24(6,30-19)10-9-18-14(3)12-20(27)26-18/h9,11-12,15-17,19,29H,7-8,10H2,1-6H3,(H,26,27)/b18-9-/t15-,16-,17-,19+,24-,25+/m0/s1. The van der Waals surface area contributed by atoms with E-state index in [1.54, 1.807) is 6.08 Å². The van der Waals surface area contributed by atoms with Gasteiger partial charge in [-0.15, -0.1) is 0 Å². The average Bonchev–Trinajstić information content (AvgIpc) is 3.24. The van der Waals surface area contributed by atoms with Crippen LogP contribution in [-0.4, -0.2) is 34.1 Å². The van der Waals surface area contributed by atoms with Crippen LogP contribution >= 0.6 is 0 Å². The zero-order valence-electron chi connectivity index (χ0n) is 18.8. The van der Waals surface area contributed by atoms with Crippen molar-refractivity contribution in [2.45, 2.75) is 78.1 Å². The van der Waals surface area contributed by atoms with E-state index in [4.69, 9.17) is 4.74 Å². The first kappa shape index (κ1) is 21.3. The van der Waals surface area contributed by atoms with Crippen LogP contribution in [-0.2, 0) is 14.3 Å². The Bertz CT molecular complexity index is 935. The Hall–Kier alpha value is -1.98. The molecule has 0 spiro atoms. The molecule has 0 unspecified atom stereocenters. The first-order valence-electron chi connectivity index (χ1n) is 11.0. The van der Waals surface area contributed by atoms with Crippen LogP contribution in [0.5, 0.6) is 0 Å². The molecular formula is C25H33NO4. The van der Waals surface area contributed by atoms with Crippen molar-refractivity contribution in [3.8, 4) is 0 Å². The van der Waals surface area contributed by atoms with Crippen molar-refractivity contribution >= 4 is 11.7 Å². The van der Waals surface area contributed by atoms with Crippen molar-refractivity contribution < 1.29 is 19.4 Å². The Balaban J connectivity index is 1.79. The van der Waals surface area contributed by atoms with E-state index in [0.29, 0.717) is 12.0 Å². The van der Waals surface area contributed by atoms with E-state index in [1.165, 1.54) is 0 Å². The fourth-order valence-electron chi connectivity index (χ4n) is 6.01. The molecule has 2 N–H and O–H groups in total. The number of hydrogen-bond donors (Lipinski definition) is 2. The molecule has 0 saturated heterocycles. The van der Waals surface area contributed by atoms with Gasteiger partial charge in [-0.1, -0.05) is 31.6 Å². The number of carbonyl (C=O) groups is 2. The van der Waals surface area contributed by atoms with Gasteiger partial charge in [0.1, 0.15) is 5.60 Å². The van der Waals surface area contributed by atoms with Crippen LogP contribution in [0.2, 0.25) is 0 Å². The number of hydrogen-bond acceptors (Lipinski definition) is 4. The fraction of sp³-hybridized carbons (Fsp3) is 0.600. The molecule has 5 heteroatoms. The molecule has 0 aromatic rings. The van der Waals surface area contributed by atoms with Crippen molar-refractivity contribution in [2.24, 2.45) is 17.8 Å². The third kappa shape index (κ3) is 2.97. The summed E-state index contributed by atoms with van der Waals surface area (Å²) in [6.07, 6.45) is 7.51. The quantitative estimate of drug-likeness (QED) is 0.694. The number of allylic oxidation sites excluding steroid dienone is 2.